The standard InChI is InChI=1S/C12H22N8O/c1-4-19(5-2)11-15-10(18-13)16-12(17-11)20-7-6-14-9(21)8(20)3/h8H,4-7,13H2,1-3H3,(H,14,21)(H,15,16,17,18). The number of nitrogens with zero attached hydrogens (tertiary/aromatic N) is 5. The summed E-state index contributed by atoms with van der Waals surface area (Å²) in [6.07, 6.45) is 0. The molecule has 4 N–H and O–H groups in total. The largest absolute Gasteiger partial charge is 0.353 e. The van der Waals surface area contributed by atoms with E-state index in [1.165, 1.54) is 0 Å². The molecule has 0 saturated carbocycles. The Bertz CT molecular complexity index is 504. The molecule has 2 heterocycles. The first-order chi connectivity index (χ1) is 10.1. The van der Waals surface area contributed by atoms with Crippen molar-refractivity contribution in [3.63, 3.8) is 0 Å². The zero-order chi connectivity index (χ0) is 15.4. The molecule has 1 aliphatic heterocycles. The minimum Gasteiger partial charge on any atom is -0.353 e. The minimum atomic E-state index is -0.323. The van der Waals surface area contributed by atoms with E-state index in [1.54, 1.807) is 0 Å². The third-order valence-corrected chi connectivity index (χ3v) is 3.54. The van der Waals surface area contributed by atoms with Gasteiger partial charge in [-0.3, -0.25) is 10.2 Å². The summed E-state index contributed by atoms with van der Waals surface area (Å²) in [5.41, 5.74) is 2.46. The van der Waals surface area contributed by atoms with E-state index >= 15 is 0 Å². The van der Waals surface area contributed by atoms with Crippen LogP contribution in [0.15, 0.2) is 0 Å². The van der Waals surface area contributed by atoms with E-state index in [2.05, 4.69) is 25.7 Å². The van der Waals surface area contributed by atoms with Crippen LogP contribution in [-0.4, -0.2) is 53.1 Å². The molecule has 0 aromatic carbocycles. The molecule has 21 heavy (non-hydrogen) atoms. The number of hydrazine groups is 1. The van der Waals surface area contributed by atoms with Gasteiger partial charge in [0.15, 0.2) is 0 Å². The highest BCUT2D eigenvalue weighted by Gasteiger charge is 2.28. The Morgan fingerprint density at radius 3 is 2.71 bits per heavy atom. The Morgan fingerprint density at radius 2 is 2.10 bits per heavy atom. The molecule has 0 spiro atoms. The molecule has 0 radical (unpaired) electrons. The molecular formula is C12H22N8O. The number of rotatable bonds is 5. The smallest absolute Gasteiger partial charge is 0.243 e. The molecule has 9 nitrogen and oxygen atoms in total. The van der Waals surface area contributed by atoms with Gasteiger partial charge in [0.25, 0.3) is 0 Å². The first-order valence-electron chi connectivity index (χ1n) is 7.12. The van der Waals surface area contributed by atoms with Crippen LogP contribution in [0.1, 0.15) is 20.8 Å². The molecule has 0 aliphatic carbocycles. The number of anilines is 3. The molecule has 116 valence electrons. The van der Waals surface area contributed by atoms with Crippen molar-refractivity contribution in [1.82, 2.24) is 20.3 Å². The molecule has 1 aromatic heterocycles. The molecule has 0 bridgehead atoms. The highest BCUT2D eigenvalue weighted by atomic mass is 16.2. The summed E-state index contributed by atoms with van der Waals surface area (Å²) in [5.74, 6) is 6.71. The first kappa shape index (κ1) is 15.2. The van der Waals surface area contributed by atoms with Crippen LogP contribution >= 0.6 is 0 Å². The van der Waals surface area contributed by atoms with Crippen LogP contribution in [0.5, 0.6) is 0 Å². The summed E-state index contributed by atoms with van der Waals surface area (Å²) in [5, 5.41) is 2.82. The van der Waals surface area contributed by atoms with E-state index in [1.807, 2.05) is 30.6 Å². The van der Waals surface area contributed by atoms with Crippen molar-refractivity contribution in [3.05, 3.63) is 0 Å². The molecule has 1 atom stereocenters. The topological polar surface area (TPSA) is 112 Å². The predicted molar refractivity (Wildman–Crippen MR) is 81.0 cm³/mol. The Kier molecular flexibility index (Phi) is 4.73. The molecule has 2 rings (SSSR count). The summed E-state index contributed by atoms with van der Waals surface area (Å²) in [4.78, 5) is 28.7. The third-order valence-electron chi connectivity index (χ3n) is 3.54. The number of carbonyl (C=O) groups excluding carboxylic acids is 1. The fourth-order valence-electron chi connectivity index (χ4n) is 2.25. The van der Waals surface area contributed by atoms with Crippen LogP contribution < -0.4 is 26.4 Å². The predicted octanol–water partition coefficient (Wildman–Crippen LogP) is -0.672. The summed E-state index contributed by atoms with van der Waals surface area (Å²) < 4.78 is 0. The molecule has 1 unspecified atom stereocenters. The normalized spacial score (nSPS) is 18.4. The van der Waals surface area contributed by atoms with E-state index in [4.69, 9.17) is 5.84 Å². The Balaban J connectivity index is 2.38. The molecule has 1 fully saturated rings. The Labute approximate surface area is 123 Å². The fourth-order valence-corrected chi connectivity index (χ4v) is 2.25. The van der Waals surface area contributed by atoms with Crippen molar-refractivity contribution < 1.29 is 4.79 Å². The van der Waals surface area contributed by atoms with Crippen molar-refractivity contribution >= 4 is 23.8 Å². The van der Waals surface area contributed by atoms with Gasteiger partial charge in [-0.15, -0.1) is 0 Å². The van der Waals surface area contributed by atoms with Crippen LogP contribution in [0, 0.1) is 0 Å². The Hall–Kier alpha value is -2.16. The molecular weight excluding hydrogens is 272 g/mol. The van der Waals surface area contributed by atoms with E-state index < -0.39 is 0 Å². The minimum absolute atomic E-state index is 0.0340. The summed E-state index contributed by atoms with van der Waals surface area (Å²) in [7, 11) is 0. The maximum Gasteiger partial charge on any atom is 0.243 e. The highest BCUT2D eigenvalue weighted by molar-refractivity contribution is 5.85. The van der Waals surface area contributed by atoms with Gasteiger partial charge in [0.1, 0.15) is 6.04 Å². The third kappa shape index (κ3) is 3.13. The van der Waals surface area contributed by atoms with Crippen LogP contribution in [0.4, 0.5) is 17.8 Å². The maximum absolute atomic E-state index is 11.8. The van der Waals surface area contributed by atoms with Crippen LogP contribution in [-0.2, 0) is 4.79 Å². The number of hydrogen-bond acceptors (Lipinski definition) is 8. The number of carbonyl (C=O) groups is 1. The van der Waals surface area contributed by atoms with Gasteiger partial charge < -0.3 is 15.1 Å². The average Bonchev–Trinajstić information content (AvgIpc) is 2.51. The van der Waals surface area contributed by atoms with Gasteiger partial charge in [-0.25, -0.2) is 5.84 Å². The van der Waals surface area contributed by atoms with Gasteiger partial charge in [0, 0.05) is 26.2 Å². The van der Waals surface area contributed by atoms with E-state index in [0.29, 0.717) is 30.9 Å². The molecule has 1 amide bonds. The van der Waals surface area contributed by atoms with Gasteiger partial charge in [-0.05, 0) is 20.8 Å². The van der Waals surface area contributed by atoms with Crippen molar-refractivity contribution in [3.8, 4) is 0 Å². The lowest BCUT2D eigenvalue weighted by Gasteiger charge is -2.33. The average molecular weight is 294 g/mol. The Morgan fingerprint density at radius 1 is 1.38 bits per heavy atom. The molecule has 1 aliphatic rings. The van der Waals surface area contributed by atoms with Crippen molar-refractivity contribution in [2.45, 2.75) is 26.8 Å². The second-order valence-corrected chi connectivity index (χ2v) is 4.74. The number of piperazine rings is 1. The number of amides is 1. The lowest BCUT2D eigenvalue weighted by Crippen LogP contribution is -2.54. The second kappa shape index (κ2) is 6.53. The number of aromatic nitrogens is 3. The monoisotopic (exact) mass is 294 g/mol. The number of nitrogen functional groups attached to an aromatic ring is 1. The van der Waals surface area contributed by atoms with Gasteiger partial charge >= 0.3 is 0 Å². The fraction of sp³-hybridized carbons (Fsp3) is 0.667. The van der Waals surface area contributed by atoms with Crippen LogP contribution in [0.25, 0.3) is 0 Å². The van der Waals surface area contributed by atoms with Crippen molar-refractivity contribution in [1.29, 1.82) is 0 Å². The van der Waals surface area contributed by atoms with Crippen LogP contribution in [0.2, 0.25) is 0 Å². The zero-order valence-corrected chi connectivity index (χ0v) is 12.6. The quantitative estimate of drug-likeness (QED) is 0.484. The number of hydrogen-bond donors (Lipinski definition) is 3. The zero-order valence-electron chi connectivity index (χ0n) is 12.6. The second-order valence-electron chi connectivity index (χ2n) is 4.74. The van der Waals surface area contributed by atoms with Crippen molar-refractivity contribution in [2.75, 3.05) is 41.4 Å². The van der Waals surface area contributed by atoms with E-state index in [9.17, 15) is 4.79 Å². The summed E-state index contributed by atoms with van der Waals surface area (Å²) >= 11 is 0. The van der Waals surface area contributed by atoms with Gasteiger partial charge in [0.05, 0.1) is 0 Å². The lowest BCUT2D eigenvalue weighted by molar-refractivity contribution is -0.122. The van der Waals surface area contributed by atoms with Gasteiger partial charge in [0.2, 0.25) is 23.8 Å². The highest BCUT2D eigenvalue weighted by Crippen LogP contribution is 2.19. The van der Waals surface area contributed by atoms with E-state index in [-0.39, 0.29) is 11.9 Å². The maximum atomic E-state index is 11.8. The SMILES string of the molecule is CCN(CC)c1nc(NN)nc(N2CCNC(=O)C2C)n1. The van der Waals surface area contributed by atoms with Crippen molar-refractivity contribution in [2.24, 2.45) is 5.84 Å². The van der Waals surface area contributed by atoms with E-state index in [0.717, 1.165) is 13.1 Å². The van der Waals surface area contributed by atoms with Gasteiger partial charge in [-0.1, -0.05) is 0 Å². The van der Waals surface area contributed by atoms with Crippen LogP contribution in [0.3, 0.4) is 0 Å². The number of nitrogens with two attached hydrogens (primary N) is 1. The molecule has 9 heteroatoms. The number of nitrogens with one attached hydrogen (secondary N) is 2. The molecule has 1 saturated heterocycles. The summed E-state index contributed by atoms with van der Waals surface area (Å²) in [6, 6.07) is -0.323. The summed E-state index contributed by atoms with van der Waals surface area (Å²) in [6.45, 7) is 8.66. The van der Waals surface area contributed by atoms with Gasteiger partial charge in [-0.2, -0.15) is 15.0 Å². The first-order valence-corrected chi connectivity index (χ1v) is 7.12. The lowest BCUT2D eigenvalue weighted by atomic mass is 10.2. The molecule has 1 aromatic rings.